The van der Waals surface area contributed by atoms with E-state index in [1.165, 1.54) is 5.70 Å². The van der Waals surface area contributed by atoms with E-state index in [0.717, 1.165) is 57.2 Å². The summed E-state index contributed by atoms with van der Waals surface area (Å²) in [5, 5.41) is 8.58. The zero-order chi connectivity index (χ0) is 21.8. The largest absolute Gasteiger partial charge is 0.328 e. The molecule has 1 amide bonds. The lowest BCUT2D eigenvalue weighted by atomic mass is 10.2. The van der Waals surface area contributed by atoms with Crippen LogP contribution in [0.1, 0.15) is 19.3 Å². The molecule has 1 fully saturated rings. The number of rotatable bonds is 7. The van der Waals surface area contributed by atoms with Gasteiger partial charge in [0.25, 0.3) is 0 Å². The highest BCUT2D eigenvalue weighted by molar-refractivity contribution is 5.75. The second-order valence-corrected chi connectivity index (χ2v) is 8.37. The van der Waals surface area contributed by atoms with E-state index in [-0.39, 0.29) is 5.91 Å². The summed E-state index contributed by atoms with van der Waals surface area (Å²) in [6, 6.07) is 12.4. The fourth-order valence-corrected chi connectivity index (χ4v) is 4.11. The van der Waals surface area contributed by atoms with Crippen LogP contribution < -0.4 is 9.80 Å². The van der Waals surface area contributed by atoms with Crippen molar-refractivity contribution in [2.75, 3.05) is 56.7 Å². The lowest BCUT2D eigenvalue weighted by molar-refractivity contribution is -0.148. The van der Waals surface area contributed by atoms with Gasteiger partial charge < -0.3 is 14.7 Å². The van der Waals surface area contributed by atoms with Crippen LogP contribution >= 0.6 is 0 Å². The normalized spacial score (nSPS) is 17.8. The number of carbonyl (C=O) groups is 1. The number of aryl methyl sites for hydroxylation is 1. The van der Waals surface area contributed by atoms with Gasteiger partial charge in [-0.25, -0.2) is 5.01 Å². The molecule has 3 heterocycles. The number of hydrazine groups is 1. The van der Waals surface area contributed by atoms with Crippen LogP contribution in [0.4, 0.5) is 11.5 Å². The van der Waals surface area contributed by atoms with Gasteiger partial charge >= 0.3 is 0 Å². The highest BCUT2D eigenvalue weighted by Crippen LogP contribution is 2.30. The third-order valence-electron chi connectivity index (χ3n) is 6.10. The quantitative estimate of drug-likeness (QED) is 0.681. The van der Waals surface area contributed by atoms with Gasteiger partial charge in [0.15, 0.2) is 5.82 Å². The second-order valence-electron chi connectivity index (χ2n) is 8.37. The van der Waals surface area contributed by atoms with Crippen molar-refractivity contribution < 1.29 is 4.79 Å². The average Bonchev–Trinajstić information content (AvgIpc) is 3.40. The number of hydrogen-bond acceptors (Lipinski definition) is 6. The number of piperazine rings is 1. The average molecular weight is 424 g/mol. The number of nitrogens with zero attached hydrogens (tertiary/aromatic N) is 7. The number of amides is 1. The van der Waals surface area contributed by atoms with Crippen LogP contribution in [0.15, 0.2) is 54.5 Å². The highest BCUT2D eigenvalue weighted by Gasteiger charge is 2.26. The van der Waals surface area contributed by atoms with Crippen molar-refractivity contribution in [3.63, 3.8) is 0 Å². The molecule has 166 valence electrons. The van der Waals surface area contributed by atoms with Gasteiger partial charge in [0.05, 0.1) is 0 Å². The molecule has 0 radical (unpaired) electrons. The van der Waals surface area contributed by atoms with Crippen molar-refractivity contribution >= 4 is 17.4 Å². The number of hydrogen-bond donors (Lipinski definition) is 0. The summed E-state index contributed by atoms with van der Waals surface area (Å²) >= 11 is 0. The van der Waals surface area contributed by atoms with Crippen LogP contribution in [-0.4, -0.2) is 77.5 Å². The van der Waals surface area contributed by atoms with Gasteiger partial charge in [-0.05, 0) is 32.0 Å². The summed E-state index contributed by atoms with van der Waals surface area (Å²) in [6.07, 6.45) is 6.35. The van der Waals surface area contributed by atoms with E-state index in [1.807, 2.05) is 42.1 Å². The Balaban J connectivity index is 1.38. The van der Waals surface area contributed by atoms with Crippen LogP contribution in [0.25, 0.3) is 0 Å². The van der Waals surface area contributed by atoms with E-state index < -0.39 is 0 Å². The van der Waals surface area contributed by atoms with Crippen LogP contribution in [0.3, 0.4) is 0 Å². The Morgan fingerprint density at radius 2 is 1.81 bits per heavy atom. The van der Waals surface area contributed by atoms with Crippen LogP contribution in [0.5, 0.6) is 0 Å². The zero-order valence-electron chi connectivity index (χ0n) is 18.8. The smallest absolute Gasteiger partial charge is 0.236 e. The lowest BCUT2D eigenvalue weighted by Gasteiger charge is -2.38. The van der Waals surface area contributed by atoms with E-state index in [1.54, 1.807) is 0 Å². The Bertz CT molecular complexity index is 902. The Morgan fingerprint density at radius 1 is 1.06 bits per heavy atom. The Morgan fingerprint density at radius 3 is 2.48 bits per heavy atom. The molecule has 0 bridgehead atoms. The Hall–Kier alpha value is -2.84. The molecule has 4 rings (SSSR count). The van der Waals surface area contributed by atoms with E-state index in [2.05, 4.69) is 62.3 Å². The second kappa shape index (κ2) is 9.53. The number of anilines is 2. The number of carbonyl (C=O) groups excluding carboxylic acids is 1. The minimum absolute atomic E-state index is 0.187. The van der Waals surface area contributed by atoms with Gasteiger partial charge in [0.1, 0.15) is 6.67 Å². The summed E-state index contributed by atoms with van der Waals surface area (Å²) in [4.78, 5) is 19.5. The maximum Gasteiger partial charge on any atom is 0.236 e. The predicted molar refractivity (Wildman–Crippen MR) is 123 cm³/mol. The van der Waals surface area contributed by atoms with E-state index >= 15 is 0 Å². The summed E-state index contributed by atoms with van der Waals surface area (Å²) in [7, 11) is 5.96. The van der Waals surface area contributed by atoms with Crippen LogP contribution in [0, 0.1) is 0 Å². The van der Waals surface area contributed by atoms with Crippen LogP contribution in [-0.2, 0) is 11.8 Å². The van der Waals surface area contributed by atoms with E-state index in [9.17, 15) is 4.79 Å². The number of likely N-dealkylation sites (N-methyl/N-ethyl adjacent to an activating group) is 1. The van der Waals surface area contributed by atoms with Gasteiger partial charge in [0.2, 0.25) is 5.91 Å². The molecule has 2 aliphatic heterocycles. The first kappa shape index (κ1) is 21.4. The van der Waals surface area contributed by atoms with E-state index in [0.29, 0.717) is 6.42 Å². The molecule has 0 saturated carbocycles. The number of aromatic nitrogens is 2. The molecule has 0 unspecified atom stereocenters. The topological polar surface area (TPSA) is 51.1 Å². The summed E-state index contributed by atoms with van der Waals surface area (Å²) in [6.45, 7) is 4.54. The number of para-hydroxylation sites is 1. The van der Waals surface area contributed by atoms with Crippen molar-refractivity contribution in [1.82, 2.24) is 24.7 Å². The SMILES string of the molecule is CN1CCN(N(C)C(=O)CCCC2=CN(c3ccccc3)CN2c2ccn(C)n2)CC1. The fraction of sp³-hybridized carbons (Fsp3) is 0.478. The summed E-state index contributed by atoms with van der Waals surface area (Å²) < 4.78 is 1.83. The third kappa shape index (κ3) is 5.08. The minimum Gasteiger partial charge on any atom is -0.328 e. The zero-order valence-corrected chi connectivity index (χ0v) is 18.8. The first-order valence-electron chi connectivity index (χ1n) is 11.0. The maximum atomic E-state index is 12.7. The van der Waals surface area contributed by atoms with Gasteiger partial charge in [-0.3, -0.25) is 14.5 Å². The van der Waals surface area contributed by atoms with Gasteiger partial charge in [-0.1, -0.05) is 18.2 Å². The molecule has 1 saturated heterocycles. The molecular formula is C23H33N7O. The van der Waals surface area contributed by atoms with Crippen molar-refractivity contribution in [3.8, 4) is 0 Å². The first-order chi connectivity index (χ1) is 15.0. The summed E-state index contributed by atoms with van der Waals surface area (Å²) in [5.41, 5.74) is 2.35. The molecule has 31 heavy (non-hydrogen) atoms. The number of benzene rings is 1. The third-order valence-corrected chi connectivity index (χ3v) is 6.10. The van der Waals surface area contributed by atoms with Crippen molar-refractivity contribution in [1.29, 1.82) is 0 Å². The monoisotopic (exact) mass is 423 g/mol. The molecule has 8 nitrogen and oxygen atoms in total. The molecule has 1 aromatic heterocycles. The lowest BCUT2D eigenvalue weighted by Crippen LogP contribution is -2.53. The van der Waals surface area contributed by atoms with Gasteiger partial charge in [-0.2, -0.15) is 5.10 Å². The molecule has 2 aliphatic rings. The molecule has 0 aliphatic carbocycles. The molecule has 8 heteroatoms. The minimum atomic E-state index is 0.187. The molecular weight excluding hydrogens is 390 g/mol. The van der Waals surface area contributed by atoms with Gasteiger partial charge in [-0.15, -0.1) is 0 Å². The molecule has 0 atom stereocenters. The Labute approximate surface area is 184 Å². The molecule has 0 spiro atoms. The van der Waals surface area contributed by atoms with Crippen molar-refractivity contribution in [2.24, 2.45) is 7.05 Å². The maximum absolute atomic E-state index is 12.7. The van der Waals surface area contributed by atoms with Crippen LogP contribution in [0.2, 0.25) is 0 Å². The van der Waals surface area contributed by atoms with Gasteiger partial charge in [0, 0.05) is 76.5 Å². The Kier molecular flexibility index (Phi) is 6.58. The van der Waals surface area contributed by atoms with Crippen molar-refractivity contribution in [2.45, 2.75) is 19.3 Å². The first-order valence-corrected chi connectivity index (χ1v) is 11.0. The fourth-order valence-electron chi connectivity index (χ4n) is 4.11. The van der Waals surface area contributed by atoms with Crippen molar-refractivity contribution in [3.05, 3.63) is 54.5 Å². The summed E-state index contributed by atoms with van der Waals surface area (Å²) in [5.74, 6) is 1.13. The molecule has 2 aromatic rings. The van der Waals surface area contributed by atoms with E-state index in [4.69, 9.17) is 0 Å². The molecule has 1 aromatic carbocycles. The standard InChI is InChI=1S/C23H33N7O/c1-25-14-16-29(17-15-25)27(3)23(31)11-7-10-21-18-28(20-8-5-4-6-9-20)19-30(21)22-12-13-26(2)24-22/h4-6,8-9,12-13,18H,7,10-11,14-17,19H2,1-3H3. The number of allylic oxidation sites excluding steroid dienone is 1. The predicted octanol–water partition coefficient (Wildman–Crippen LogP) is 2.34. The molecule has 0 N–H and O–H groups in total. The highest BCUT2D eigenvalue weighted by atomic mass is 16.2.